The molecule has 0 aromatic heterocycles. The van der Waals surface area contributed by atoms with Gasteiger partial charge < -0.3 is 0 Å². The predicted octanol–water partition coefficient (Wildman–Crippen LogP) is 7.13. The van der Waals surface area contributed by atoms with Crippen LogP contribution in [0.15, 0.2) is 42.5 Å². The summed E-state index contributed by atoms with van der Waals surface area (Å²) in [6.07, 6.45) is 8.70. The van der Waals surface area contributed by atoms with E-state index in [1.165, 1.54) is 49.7 Å². The lowest BCUT2D eigenvalue weighted by molar-refractivity contribution is 0.308. The highest BCUT2D eigenvalue weighted by atomic mass is 19.1. The van der Waals surface area contributed by atoms with Gasteiger partial charge in [-0.25, -0.2) is 4.39 Å². The molecule has 0 spiro atoms. The highest BCUT2D eigenvalue weighted by Crippen LogP contribution is 2.38. The molecule has 2 aromatic carbocycles. The van der Waals surface area contributed by atoms with Crippen LogP contribution in [0.4, 0.5) is 4.39 Å². The SMILES string of the molecule is CCCC1CCC(c2ccc(-c3ccc(CC)cc3)c(F)c2)CC1. The number of aryl methyl sites for hydroxylation is 1. The van der Waals surface area contributed by atoms with Gasteiger partial charge in [-0.3, -0.25) is 0 Å². The first kappa shape index (κ1) is 17.2. The van der Waals surface area contributed by atoms with Crippen molar-refractivity contribution < 1.29 is 4.39 Å². The van der Waals surface area contributed by atoms with Gasteiger partial charge >= 0.3 is 0 Å². The number of halogens is 1. The van der Waals surface area contributed by atoms with E-state index in [0.717, 1.165) is 23.5 Å². The van der Waals surface area contributed by atoms with Crippen LogP contribution >= 0.6 is 0 Å². The fraction of sp³-hybridized carbons (Fsp3) is 0.478. The number of hydrogen-bond donors (Lipinski definition) is 0. The highest BCUT2D eigenvalue weighted by Gasteiger charge is 2.22. The predicted molar refractivity (Wildman–Crippen MR) is 101 cm³/mol. The molecule has 0 radical (unpaired) electrons. The van der Waals surface area contributed by atoms with Crippen molar-refractivity contribution >= 4 is 0 Å². The Bertz CT molecular complexity index is 648. The van der Waals surface area contributed by atoms with Crippen molar-refractivity contribution in [2.75, 3.05) is 0 Å². The van der Waals surface area contributed by atoms with Gasteiger partial charge in [0, 0.05) is 5.56 Å². The fourth-order valence-electron chi connectivity index (χ4n) is 4.13. The maximum atomic E-state index is 14.7. The Morgan fingerprint density at radius 1 is 0.917 bits per heavy atom. The first-order chi connectivity index (χ1) is 11.7. The molecule has 0 atom stereocenters. The van der Waals surface area contributed by atoms with Gasteiger partial charge in [-0.05, 0) is 66.7 Å². The molecule has 1 heteroatoms. The first-order valence-electron chi connectivity index (χ1n) is 9.60. The van der Waals surface area contributed by atoms with Crippen molar-refractivity contribution in [3.05, 3.63) is 59.4 Å². The molecule has 0 unspecified atom stereocenters. The molecular formula is C23H29F. The third-order valence-corrected chi connectivity index (χ3v) is 5.68. The van der Waals surface area contributed by atoms with E-state index < -0.39 is 0 Å². The number of rotatable bonds is 5. The van der Waals surface area contributed by atoms with E-state index in [2.05, 4.69) is 32.0 Å². The number of benzene rings is 2. The van der Waals surface area contributed by atoms with Crippen molar-refractivity contribution in [3.63, 3.8) is 0 Å². The van der Waals surface area contributed by atoms with Crippen LogP contribution in [0.1, 0.15) is 69.4 Å². The van der Waals surface area contributed by atoms with E-state index in [1.54, 1.807) is 6.07 Å². The van der Waals surface area contributed by atoms with Crippen molar-refractivity contribution in [2.24, 2.45) is 5.92 Å². The average Bonchev–Trinajstić information content (AvgIpc) is 2.63. The van der Waals surface area contributed by atoms with Gasteiger partial charge in [0.2, 0.25) is 0 Å². The van der Waals surface area contributed by atoms with E-state index in [9.17, 15) is 4.39 Å². The fourth-order valence-corrected chi connectivity index (χ4v) is 4.13. The number of hydrogen-bond acceptors (Lipinski definition) is 0. The topological polar surface area (TPSA) is 0 Å². The molecule has 1 fully saturated rings. The monoisotopic (exact) mass is 324 g/mol. The van der Waals surface area contributed by atoms with Crippen LogP contribution in [0.25, 0.3) is 11.1 Å². The molecule has 1 saturated carbocycles. The molecule has 0 aliphatic heterocycles. The highest BCUT2D eigenvalue weighted by molar-refractivity contribution is 5.65. The maximum Gasteiger partial charge on any atom is 0.131 e. The Labute approximate surface area is 146 Å². The molecule has 0 N–H and O–H groups in total. The Hall–Kier alpha value is -1.63. The zero-order valence-corrected chi connectivity index (χ0v) is 15.0. The summed E-state index contributed by atoms with van der Waals surface area (Å²) in [5.74, 6) is 1.36. The molecule has 3 rings (SSSR count). The molecule has 128 valence electrons. The van der Waals surface area contributed by atoms with Gasteiger partial charge in [0.05, 0.1) is 0 Å². The van der Waals surface area contributed by atoms with Crippen molar-refractivity contribution in [3.8, 4) is 11.1 Å². The molecule has 24 heavy (non-hydrogen) atoms. The second-order valence-corrected chi connectivity index (χ2v) is 7.30. The quantitative estimate of drug-likeness (QED) is 0.549. The van der Waals surface area contributed by atoms with Crippen molar-refractivity contribution in [2.45, 2.75) is 64.7 Å². The Balaban J connectivity index is 1.73. The van der Waals surface area contributed by atoms with Gasteiger partial charge in [0.25, 0.3) is 0 Å². The van der Waals surface area contributed by atoms with Crippen LogP contribution in [0.3, 0.4) is 0 Å². The second-order valence-electron chi connectivity index (χ2n) is 7.30. The third kappa shape index (κ3) is 3.88. The molecule has 1 aliphatic carbocycles. The van der Waals surface area contributed by atoms with Crippen LogP contribution < -0.4 is 0 Å². The molecule has 2 aromatic rings. The maximum absolute atomic E-state index is 14.7. The summed E-state index contributed by atoms with van der Waals surface area (Å²) < 4.78 is 14.7. The normalized spacial score (nSPS) is 21.0. The van der Waals surface area contributed by atoms with Gasteiger partial charge in [-0.1, -0.05) is 63.1 Å². The second kappa shape index (κ2) is 7.96. The molecular weight excluding hydrogens is 295 g/mol. The molecule has 1 aliphatic rings. The lowest BCUT2D eigenvalue weighted by Crippen LogP contribution is -2.13. The minimum absolute atomic E-state index is 0.0765. The summed E-state index contributed by atoms with van der Waals surface area (Å²) in [6, 6.07) is 14.2. The van der Waals surface area contributed by atoms with E-state index >= 15 is 0 Å². The van der Waals surface area contributed by atoms with E-state index in [1.807, 2.05) is 18.2 Å². The van der Waals surface area contributed by atoms with Gasteiger partial charge in [-0.15, -0.1) is 0 Å². The van der Waals surface area contributed by atoms with Crippen LogP contribution in [0.2, 0.25) is 0 Å². The van der Waals surface area contributed by atoms with E-state index in [4.69, 9.17) is 0 Å². The minimum Gasteiger partial charge on any atom is -0.206 e. The summed E-state index contributed by atoms with van der Waals surface area (Å²) in [7, 11) is 0. The Morgan fingerprint density at radius 2 is 1.62 bits per heavy atom. The lowest BCUT2D eigenvalue weighted by Gasteiger charge is -2.28. The molecule has 0 heterocycles. The summed E-state index contributed by atoms with van der Waals surface area (Å²) >= 11 is 0. The van der Waals surface area contributed by atoms with Crippen molar-refractivity contribution in [1.29, 1.82) is 0 Å². The summed E-state index contributed by atoms with van der Waals surface area (Å²) in [6.45, 7) is 4.41. The standard InChI is InChI=1S/C23H29F/c1-3-5-18-8-10-19(11-9-18)21-14-15-22(23(24)16-21)20-12-6-17(4-2)7-13-20/h6-7,12-16,18-19H,3-5,8-11H2,1-2H3. The molecule has 0 bridgehead atoms. The largest absolute Gasteiger partial charge is 0.206 e. The zero-order chi connectivity index (χ0) is 16.9. The summed E-state index contributed by atoms with van der Waals surface area (Å²) in [4.78, 5) is 0. The van der Waals surface area contributed by atoms with Gasteiger partial charge in [0.1, 0.15) is 5.82 Å². The lowest BCUT2D eigenvalue weighted by atomic mass is 9.77. The third-order valence-electron chi connectivity index (χ3n) is 5.68. The van der Waals surface area contributed by atoms with Crippen LogP contribution in [0.5, 0.6) is 0 Å². The summed E-state index contributed by atoms with van der Waals surface area (Å²) in [5, 5.41) is 0. The van der Waals surface area contributed by atoms with E-state index in [-0.39, 0.29) is 5.82 Å². The van der Waals surface area contributed by atoms with Gasteiger partial charge in [-0.2, -0.15) is 0 Å². The summed E-state index contributed by atoms with van der Waals surface area (Å²) in [5.41, 5.74) is 4.18. The smallest absolute Gasteiger partial charge is 0.131 e. The molecule has 0 saturated heterocycles. The van der Waals surface area contributed by atoms with Gasteiger partial charge in [0.15, 0.2) is 0 Å². The Morgan fingerprint density at radius 3 is 2.21 bits per heavy atom. The first-order valence-corrected chi connectivity index (χ1v) is 9.60. The van der Waals surface area contributed by atoms with Crippen LogP contribution in [-0.2, 0) is 6.42 Å². The van der Waals surface area contributed by atoms with Crippen molar-refractivity contribution in [1.82, 2.24) is 0 Å². The molecule has 0 nitrogen and oxygen atoms in total. The average molecular weight is 324 g/mol. The Kier molecular flexibility index (Phi) is 5.71. The van der Waals surface area contributed by atoms with E-state index in [0.29, 0.717) is 5.92 Å². The minimum atomic E-state index is -0.0765. The van der Waals surface area contributed by atoms with Crippen LogP contribution in [0, 0.1) is 11.7 Å². The molecule has 0 amide bonds. The zero-order valence-electron chi connectivity index (χ0n) is 15.0. The van der Waals surface area contributed by atoms with Crippen LogP contribution in [-0.4, -0.2) is 0 Å².